The van der Waals surface area contributed by atoms with E-state index in [9.17, 15) is 0 Å². The van der Waals surface area contributed by atoms with Crippen LogP contribution in [0.25, 0.3) is 0 Å². The molecule has 19 heavy (non-hydrogen) atoms. The summed E-state index contributed by atoms with van der Waals surface area (Å²) in [4.78, 5) is 4.17. The zero-order valence-corrected chi connectivity index (χ0v) is 12.0. The Bertz CT molecular complexity index is 646. The summed E-state index contributed by atoms with van der Waals surface area (Å²) < 4.78 is 1.04. The van der Waals surface area contributed by atoms with Crippen LogP contribution in [-0.2, 0) is 6.42 Å². The highest BCUT2D eigenvalue weighted by molar-refractivity contribution is 9.10. The number of nitrogens with one attached hydrogen (secondary N) is 1. The van der Waals surface area contributed by atoms with Crippen LogP contribution >= 0.6 is 15.9 Å². The second-order valence-corrected chi connectivity index (χ2v) is 4.97. The van der Waals surface area contributed by atoms with Gasteiger partial charge in [0.15, 0.2) is 5.82 Å². The van der Waals surface area contributed by atoms with E-state index in [1.54, 1.807) is 6.07 Å². The minimum atomic E-state index is 0.453. The van der Waals surface area contributed by atoms with E-state index in [0.717, 1.165) is 16.6 Å². The smallest absolute Gasteiger partial charge is 0.153 e. The van der Waals surface area contributed by atoms with Crippen molar-refractivity contribution < 1.29 is 0 Å². The molecule has 2 aromatic rings. The molecule has 0 aliphatic heterocycles. The Hall–Kier alpha value is -2.06. The van der Waals surface area contributed by atoms with Gasteiger partial charge >= 0.3 is 0 Å². The maximum Gasteiger partial charge on any atom is 0.153 e. The van der Waals surface area contributed by atoms with Crippen molar-refractivity contribution >= 4 is 33.1 Å². The number of halogens is 1. The molecule has 0 saturated heterocycles. The Morgan fingerprint density at radius 1 is 1.42 bits per heavy atom. The Morgan fingerprint density at radius 2 is 2.21 bits per heavy atom. The minimum Gasteiger partial charge on any atom is -0.396 e. The molecule has 0 atom stereocenters. The van der Waals surface area contributed by atoms with Gasteiger partial charge in [-0.3, -0.25) is 0 Å². The number of nitrogens with zero attached hydrogens (tertiary/aromatic N) is 2. The fourth-order valence-corrected chi connectivity index (χ4v) is 2.16. The van der Waals surface area contributed by atoms with Crippen LogP contribution in [0.4, 0.5) is 17.2 Å². The molecule has 0 saturated carbocycles. The molecule has 0 spiro atoms. The van der Waals surface area contributed by atoms with E-state index in [1.807, 2.05) is 18.2 Å². The molecular formula is C14H13BrN4. The highest BCUT2D eigenvalue weighted by atomic mass is 79.9. The van der Waals surface area contributed by atoms with E-state index >= 15 is 0 Å². The van der Waals surface area contributed by atoms with Crippen molar-refractivity contribution in [1.82, 2.24) is 4.98 Å². The van der Waals surface area contributed by atoms with Crippen LogP contribution in [0.15, 0.2) is 34.9 Å². The number of benzene rings is 1. The summed E-state index contributed by atoms with van der Waals surface area (Å²) in [7, 11) is 0. The summed E-state index contributed by atoms with van der Waals surface area (Å²) in [5.41, 5.74) is 8.93. The number of rotatable bonds is 3. The van der Waals surface area contributed by atoms with Gasteiger partial charge in [0.05, 0.1) is 11.3 Å². The van der Waals surface area contributed by atoms with Gasteiger partial charge in [-0.25, -0.2) is 4.98 Å². The first kappa shape index (κ1) is 13.4. The zero-order valence-electron chi connectivity index (χ0n) is 10.4. The first-order valence-corrected chi connectivity index (χ1v) is 6.64. The maximum absolute atomic E-state index is 8.78. The zero-order chi connectivity index (χ0) is 13.8. The average molecular weight is 317 g/mol. The van der Waals surface area contributed by atoms with Crippen molar-refractivity contribution in [2.24, 2.45) is 0 Å². The molecule has 2 rings (SSSR count). The third kappa shape index (κ3) is 3.04. The molecule has 3 N–H and O–H groups in total. The van der Waals surface area contributed by atoms with Gasteiger partial charge < -0.3 is 11.1 Å². The molecule has 0 amide bonds. The average Bonchev–Trinajstić information content (AvgIpc) is 2.42. The molecule has 1 heterocycles. The van der Waals surface area contributed by atoms with Crippen molar-refractivity contribution in [2.75, 3.05) is 11.1 Å². The van der Waals surface area contributed by atoms with Gasteiger partial charge in [0.25, 0.3) is 0 Å². The summed E-state index contributed by atoms with van der Waals surface area (Å²) >= 11 is 3.45. The SMILES string of the molecule is CCc1cc(Br)ccc1Nc1ncc(C#N)cc1N. The number of nitriles is 1. The summed E-state index contributed by atoms with van der Waals surface area (Å²) in [5, 5.41) is 12.0. The maximum atomic E-state index is 8.78. The summed E-state index contributed by atoms with van der Waals surface area (Å²) in [6.45, 7) is 2.09. The third-order valence-corrected chi connectivity index (χ3v) is 3.24. The lowest BCUT2D eigenvalue weighted by Crippen LogP contribution is -2.02. The summed E-state index contributed by atoms with van der Waals surface area (Å²) in [5.74, 6) is 0.566. The minimum absolute atomic E-state index is 0.453. The lowest BCUT2D eigenvalue weighted by molar-refractivity contribution is 1.13. The van der Waals surface area contributed by atoms with E-state index in [4.69, 9.17) is 11.0 Å². The number of aromatic nitrogens is 1. The fourth-order valence-electron chi connectivity index (χ4n) is 1.75. The molecule has 0 aliphatic carbocycles. The first-order chi connectivity index (χ1) is 9.13. The van der Waals surface area contributed by atoms with Gasteiger partial charge in [-0.05, 0) is 36.2 Å². The molecule has 0 radical (unpaired) electrons. The highest BCUT2D eigenvalue weighted by Crippen LogP contribution is 2.26. The number of pyridine rings is 1. The van der Waals surface area contributed by atoms with E-state index < -0.39 is 0 Å². The van der Waals surface area contributed by atoms with Crippen LogP contribution in [0.2, 0.25) is 0 Å². The molecule has 1 aromatic carbocycles. The van der Waals surface area contributed by atoms with Crippen LogP contribution in [0.5, 0.6) is 0 Å². The highest BCUT2D eigenvalue weighted by Gasteiger charge is 2.06. The van der Waals surface area contributed by atoms with Gasteiger partial charge in [0.1, 0.15) is 6.07 Å². The molecule has 0 fully saturated rings. The quantitative estimate of drug-likeness (QED) is 0.907. The topological polar surface area (TPSA) is 74.7 Å². The van der Waals surface area contributed by atoms with Crippen molar-refractivity contribution in [2.45, 2.75) is 13.3 Å². The number of nitrogens with two attached hydrogens (primary N) is 1. The lowest BCUT2D eigenvalue weighted by Gasteiger charge is -2.12. The third-order valence-electron chi connectivity index (χ3n) is 2.75. The molecule has 0 aliphatic rings. The number of anilines is 3. The van der Waals surface area contributed by atoms with Crippen molar-refractivity contribution in [3.8, 4) is 6.07 Å². The Morgan fingerprint density at radius 3 is 2.84 bits per heavy atom. The van der Waals surface area contributed by atoms with Crippen LogP contribution in [0.1, 0.15) is 18.1 Å². The number of nitrogen functional groups attached to an aromatic ring is 1. The standard InChI is InChI=1S/C14H13BrN4/c1-2-10-6-11(15)3-4-13(10)19-14-12(17)5-9(7-16)8-18-14/h3-6,8H,2,17H2,1H3,(H,18,19). The Kier molecular flexibility index (Phi) is 4.03. The first-order valence-electron chi connectivity index (χ1n) is 5.85. The van der Waals surface area contributed by atoms with E-state index in [2.05, 4.69) is 39.2 Å². The summed E-state index contributed by atoms with van der Waals surface area (Å²) in [6, 6.07) is 9.62. The van der Waals surface area contributed by atoms with E-state index in [-0.39, 0.29) is 0 Å². The van der Waals surface area contributed by atoms with Crippen LogP contribution in [-0.4, -0.2) is 4.98 Å². The number of aryl methyl sites for hydroxylation is 1. The molecule has 4 nitrogen and oxygen atoms in total. The van der Waals surface area contributed by atoms with E-state index in [0.29, 0.717) is 17.1 Å². The lowest BCUT2D eigenvalue weighted by atomic mass is 10.1. The molecule has 5 heteroatoms. The fraction of sp³-hybridized carbons (Fsp3) is 0.143. The van der Waals surface area contributed by atoms with Gasteiger partial charge in [0.2, 0.25) is 0 Å². The Labute approximate surface area is 120 Å². The predicted molar refractivity (Wildman–Crippen MR) is 80.2 cm³/mol. The number of hydrogen-bond acceptors (Lipinski definition) is 4. The monoisotopic (exact) mass is 316 g/mol. The molecule has 96 valence electrons. The molecule has 0 unspecified atom stereocenters. The molecule has 1 aromatic heterocycles. The van der Waals surface area contributed by atoms with Crippen LogP contribution in [0, 0.1) is 11.3 Å². The van der Waals surface area contributed by atoms with Crippen LogP contribution in [0.3, 0.4) is 0 Å². The Balaban J connectivity index is 2.34. The second kappa shape index (κ2) is 5.72. The van der Waals surface area contributed by atoms with Crippen molar-refractivity contribution in [1.29, 1.82) is 5.26 Å². The van der Waals surface area contributed by atoms with E-state index in [1.165, 1.54) is 11.8 Å². The largest absolute Gasteiger partial charge is 0.396 e. The predicted octanol–water partition coefficient (Wildman–Crippen LogP) is 3.60. The van der Waals surface area contributed by atoms with Crippen LogP contribution < -0.4 is 11.1 Å². The number of hydrogen-bond donors (Lipinski definition) is 2. The molecular weight excluding hydrogens is 304 g/mol. The van der Waals surface area contributed by atoms with Crippen molar-refractivity contribution in [3.63, 3.8) is 0 Å². The van der Waals surface area contributed by atoms with Gasteiger partial charge in [-0.2, -0.15) is 5.26 Å². The second-order valence-electron chi connectivity index (χ2n) is 4.05. The van der Waals surface area contributed by atoms with Gasteiger partial charge in [-0.15, -0.1) is 0 Å². The molecule has 0 bridgehead atoms. The summed E-state index contributed by atoms with van der Waals surface area (Å²) in [6.07, 6.45) is 2.40. The normalized spacial score (nSPS) is 9.95. The van der Waals surface area contributed by atoms with Gasteiger partial charge in [0, 0.05) is 16.4 Å². The van der Waals surface area contributed by atoms with Gasteiger partial charge in [-0.1, -0.05) is 22.9 Å². The van der Waals surface area contributed by atoms with Crippen molar-refractivity contribution in [3.05, 3.63) is 46.1 Å².